The zero-order chi connectivity index (χ0) is 18.4. The number of rotatable bonds is 4. The number of methoxy groups -OCH3 is 1. The standard InChI is InChI=1S/C18H19N3O5/c1-26-16-12-8-21(14-4-5-15(23)19-17(14)24)18(25)11(12)2-3-13(16)20-6-10(7-20)9-22/h2-3,9-10,14H,4-8H2,1H3,(H,19,23,24). The lowest BCUT2D eigenvalue weighted by Gasteiger charge is -2.39. The molecule has 3 heterocycles. The van der Waals surface area contributed by atoms with Crippen molar-refractivity contribution in [2.45, 2.75) is 25.4 Å². The van der Waals surface area contributed by atoms with E-state index in [9.17, 15) is 19.2 Å². The number of nitrogens with zero attached hydrogens (tertiary/aromatic N) is 2. The lowest BCUT2D eigenvalue weighted by molar-refractivity contribution is -0.136. The van der Waals surface area contributed by atoms with Gasteiger partial charge in [-0.2, -0.15) is 0 Å². The Bertz CT molecular complexity index is 815. The number of carbonyl (C=O) groups is 4. The summed E-state index contributed by atoms with van der Waals surface area (Å²) < 4.78 is 5.58. The molecule has 4 rings (SSSR count). The molecule has 0 aliphatic carbocycles. The highest BCUT2D eigenvalue weighted by atomic mass is 16.5. The molecule has 8 nitrogen and oxygen atoms in total. The number of benzene rings is 1. The van der Waals surface area contributed by atoms with Crippen molar-refractivity contribution in [2.75, 3.05) is 25.1 Å². The third-order valence-electron chi connectivity index (χ3n) is 5.29. The van der Waals surface area contributed by atoms with E-state index < -0.39 is 11.9 Å². The molecule has 1 N–H and O–H groups in total. The summed E-state index contributed by atoms with van der Waals surface area (Å²) in [7, 11) is 1.55. The van der Waals surface area contributed by atoms with Crippen molar-refractivity contribution in [2.24, 2.45) is 5.92 Å². The normalized spacial score (nSPS) is 22.8. The molecule has 136 valence electrons. The SMILES string of the molecule is COc1c(N2CC(C=O)C2)ccc2c1CN(C1CCC(=O)NC1=O)C2=O. The summed E-state index contributed by atoms with van der Waals surface area (Å²) in [5.74, 6) is -0.339. The van der Waals surface area contributed by atoms with E-state index in [1.165, 1.54) is 4.90 Å². The van der Waals surface area contributed by atoms with Gasteiger partial charge in [-0.3, -0.25) is 19.7 Å². The van der Waals surface area contributed by atoms with Crippen LogP contribution in [0.3, 0.4) is 0 Å². The largest absolute Gasteiger partial charge is 0.494 e. The van der Waals surface area contributed by atoms with Gasteiger partial charge in [0.05, 0.1) is 19.3 Å². The first-order valence-electron chi connectivity index (χ1n) is 8.58. The topological polar surface area (TPSA) is 96.0 Å². The molecule has 1 unspecified atom stereocenters. The summed E-state index contributed by atoms with van der Waals surface area (Å²) in [6.45, 7) is 1.52. The minimum Gasteiger partial charge on any atom is -0.494 e. The second-order valence-electron chi connectivity index (χ2n) is 6.85. The van der Waals surface area contributed by atoms with Gasteiger partial charge in [0.15, 0.2) is 0 Å². The first kappa shape index (κ1) is 16.6. The van der Waals surface area contributed by atoms with Crippen molar-refractivity contribution in [1.29, 1.82) is 0 Å². The van der Waals surface area contributed by atoms with E-state index in [1.807, 2.05) is 11.0 Å². The number of ether oxygens (including phenoxy) is 1. The van der Waals surface area contributed by atoms with Crippen LogP contribution < -0.4 is 15.0 Å². The van der Waals surface area contributed by atoms with Gasteiger partial charge in [0, 0.05) is 36.6 Å². The van der Waals surface area contributed by atoms with E-state index in [-0.39, 0.29) is 30.7 Å². The van der Waals surface area contributed by atoms with Gasteiger partial charge < -0.3 is 19.3 Å². The summed E-state index contributed by atoms with van der Waals surface area (Å²) in [5, 5.41) is 2.30. The molecule has 1 atom stereocenters. The van der Waals surface area contributed by atoms with Gasteiger partial charge in [-0.15, -0.1) is 0 Å². The van der Waals surface area contributed by atoms with Gasteiger partial charge in [0.2, 0.25) is 11.8 Å². The fourth-order valence-electron chi connectivity index (χ4n) is 3.87. The number of carbonyl (C=O) groups excluding carboxylic acids is 4. The Morgan fingerprint density at radius 1 is 1.23 bits per heavy atom. The maximum absolute atomic E-state index is 12.8. The Morgan fingerprint density at radius 3 is 2.65 bits per heavy atom. The second kappa shape index (κ2) is 6.12. The third-order valence-corrected chi connectivity index (χ3v) is 5.29. The lowest BCUT2D eigenvalue weighted by atomic mass is 9.99. The number of piperidine rings is 1. The summed E-state index contributed by atoms with van der Waals surface area (Å²) >= 11 is 0. The number of anilines is 1. The smallest absolute Gasteiger partial charge is 0.255 e. The van der Waals surface area contributed by atoms with E-state index in [2.05, 4.69) is 5.32 Å². The minimum absolute atomic E-state index is 0.0227. The van der Waals surface area contributed by atoms with Crippen molar-refractivity contribution in [1.82, 2.24) is 10.2 Å². The van der Waals surface area contributed by atoms with Crippen LogP contribution in [0, 0.1) is 5.92 Å². The zero-order valence-corrected chi connectivity index (χ0v) is 14.4. The highest BCUT2D eigenvalue weighted by molar-refractivity contribution is 6.06. The third kappa shape index (κ3) is 2.44. The van der Waals surface area contributed by atoms with Crippen LogP contribution in [-0.2, 0) is 20.9 Å². The number of hydrogen-bond donors (Lipinski definition) is 1. The molecular weight excluding hydrogens is 338 g/mol. The zero-order valence-electron chi connectivity index (χ0n) is 14.4. The fraction of sp³-hybridized carbons (Fsp3) is 0.444. The fourth-order valence-corrected chi connectivity index (χ4v) is 3.87. The van der Waals surface area contributed by atoms with Crippen LogP contribution in [0.25, 0.3) is 0 Å². The van der Waals surface area contributed by atoms with E-state index in [0.29, 0.717) is 30.8 Å². The molecular formula is C18H19N3O5. The molecule has 8 heteroatoms. The van der Waals surface area contributed by atoms with E-state index in [4.69, 9.17) is 4.74 Å². The molecule has 3 aliphatic heterocycles. The van der Waals surface area contributed by atoms with Crippen LogP contribution in [0.1, 0.15) is 28.8 Å². The number of nitrogens with one attached hydrogen (secondary N) is 1. The Morgan fingerprint density at radius 2 is 2.00 bits per heavy atom. The number of hydrogen-bond acceptors (Lipinski definition) is 6. The van der Waals surface area contributed by atoms with Crippen LogP contribution in [0.5, 0.6) is 5.75 Å². The van der Waals surface area contributed by atoms with Gasteiger partial charge in [0.1, 0.15) is 18.1 Å². The first-order chi connectivity index (χ1) is 12.5. The van der Waals surface area contributed by atoms with Gasteiger partial charge in [-0.05, 0) is 18.6 Å². The molecule has 0 aromatic heterocycles. The van der Waals surface area contributed by atoms with Crippen LogP contribution in [0.2, 0.25) is 0 Å². The van der Waals surface area contributed by atoms with E-state index in [0.717, 1.165) is 17.5 Å². The summed E-state index contributed by atoms with van der Waals surface area (Å²) in [6.07, 6.45) is 1.50. The molecule has 3 amide bonds. The number of fused-ring (bicyclic) bond motifs is 1. The molecule has 26 heavy (non-hydrogen) atoms. The molecule has 0 bridgehead atoms. The maximum Gasteiger partial charge on any atom is 0.255 e. The second-order valence-corrected chi connectivity index (χ2v) is 6.85. The number of aldehydes is 1. The quantitative estimate of drug-likeness (QED) is 0.606. The summed E-state index contributed by atoms with van der Waals surface area (Å²) in [5.41, 5.74) is 2.11. The van der Waals surface area contributed by atoms with E-state index >= 15 is 0 Å². The molecule has 1 aromatic carbocycles. The van der Waals surface area contributed by atoms with Crippen LogP contribution in [0.15, 0.2) is 12.1 Å². The molecule has 0 saturated carbocycles. The van der Waals surface area contributed by atoms with Crippen molar-refractivity contribution in [3.8, 4) is 5.75 Å². The molecule has 1 aromatic rings. The van der Waals surface area contributed by atoms with Crippen molar-refractivity contribution in [3.05, 3.63) is 23.3 Å². The lowest BCUT2D eigenvalue weighted by Crippen LogP contribution is -2.52. The monoisotopic (exact) mass is 357 g/mol. The first-order valence-corrected chi connectivity index (χ1v) is 8.58. The Labute approximate surface area is 150 Å². The minimum atomic E-state index is -0.649. The van der Waals surface area contributed by atoms with E-state index in [1.54, 1.807) is 13.2 Å². The molecule has 0 radical (unpaired) electrons. The molecule has 0 spiro atoms. The van der Waals surface area contributed by atoms with Crippen LogP contribution in [0.4, 0.5) is 5.69 Å². The van der Waals surface area contributed by atoms with Crippen molar-refractivity contribution < 1.29 is 23.9 Å². The summed E-state index contributed by atoms with van der Waals surface area (Å²) in [4.78, 5) is 50.7. The number of imide groups is 1. The van der Waals surface area contributed by atoms with Gasteiger partial charge in [-0.25, -0.2) is 0 Å². The average molecular weight is 357 g/mol. The van der Waals surface area contributed by atoms with Gasteiger partial charge >= 0.3 is 0 Å². The van der Waals surface area contributed by atoms with Crippen molar-refractivity contribution in [3.63, 3.8) is 0 Å². The maximum atomic E-state index is 12.8. The number of amides is 3. The Kier molecular flexibility index (Phi) is 3.90. The van der Waals surface area contributed by atoms with Gasteiger partial charge in [-0.1, -0.05) is 0 Å². The Balaban J connectivity index is 1.62. The van der Waals surface area contributed by atoms with Crippen molar-refractivity contribution >= 4 is 29.7 Å². The highest BCUT2D eigenvalue weighted by Crippen LogP contribution is 2.41. The molecule has 2 saturated heterocycles. The highest BCUT2D eigenvalue weighted by Gasteiger charge is 2.41. The predicted molar refractivity (Wildman–Crippen MR) is 90.8 cm³/mol. The average Bonchev–Trinajstić information content (AvgIpc) is 2.90. The molecule has 3 aliphatic rings. The van der Waals surface area contributed by atoms with Crippen LogP contribution >= 0.6 is 0 Å². The molecule has 2 fully saturated rings. The van der Waals surface area contributed by atoms with Crippen LogP contribution in [-0.4, -0.2) is 55.1 Å². The van der Waals surface area contributed by atoms with Gasteiger partial charge in [0.25, 0.3) is 5.91 Å². The predicted octanol–water partition coefficient (Wildman–Crippen LogP) is 0.0913. The Hall–Kier alpha value is -2.90. The summed E-state index contributed by atoms with van der Waals surface area (Å²) in [6, 6.07) is 2.92.